The predicted octanol–water partition coefficient (Wildman–Crippen LogP) is 3.37. The van der Waals surface area contributed by atoms with Crippen molar-refractivity contribution in [3.63, 3.8) is 0 Å². The summed E-state index contributed by atoms with van der Waals surface area (Å²) in [5.41, 5.74) is 2.12. The number of hydrogen-bond donors (Lipinski definition) is 1. The van der Waals surface area contributed by atoms with Gasteiger partial charge in [0.05, 0.1) is 11.6 Å². The van der Waals surface area contributed by atoms with Gasteiger partial charge in [0.1, 0.15) is 5.82 Å². The van der Waals surface area contributed by atoms with Crippen molar-refractivity contribution in [1.29, 1.82) is 5.26 Å². The lowest BCUT2D eigenvalue weighted by Crippen LogP contribution is -1.99. The van der Waals surface area contributed by atoms with E-state index in [9.17, 15) is 4.39 Å². The number of nitrogens with one attached hydrogen (secondary N) is 1. The molecule has 0 saturated carbocycles. The highest BCUT2D eigenvalue weighted by Gasteiger charge is 2.00. The van der Waals surface area contributed by atoms with Gasteiger partial charge >= 0.3 is 0 Å². The van der Waals surface area contributed by atoms with E-state index < -0.39 is 0 Å². The molecule has 1 heterocycles. The van der Waals surface area contributed by atoms with E-state index in [-0.39, 0.29) is 5.82 Å². The molecule has 0 fully saturated rings. The summed E-state index contributed by atoms with van der Waals surface area (Å²) in [5.74, 6) is -0.374. The minimum absolute atomic E-state index is 0.349. The number of hydrogen-bond acceptors (Lipinski definition) is 3. The van der Waals surface area contributed by atoms with Crippen molar-refractivity contribution in [2.24, 2.45) is 0 Å². The second-order valence-electron chi connectivity index (χ2n) is 3.33. The van der Waals surface area contributed by atoms with Crippen LogP contribution in [0.15, 0.2) is 35.0 Å². The lowest BCUT2D eigenvalue weighted by atomic mass is 10.1. The highest BCUT2D eigenvalue weighted by Crippen LogP contribution is 2.14. The van der Waals surface area contributed by atoms with Crippen molar-refractivity contribution in [1.82, 2.24) is 0 Å². The fourth-order valence-electron chi connectivity index (χ4n) is 1.39. The van der Waals surface area contributed by atoms with Crippen LogP contribution in [-0.2, 0) is 6.54 Å². The number of anilines is 1. The third-order valence-corrected chi connectivity index (χ3v) is 2.79. The van der Waals surface area contributed by atoms with E-state index in [1.54, 1.807) is 17.4 Å². The van der Waals surface area contributed by atoms with E-state index in [2.05, 4.69) is 5.32 Å². The summed E-state index contributed by atoms with van der Waals surface area (Å²) in [6.07, 6.45) is 0. The highest BCUT2D eigenvalue weighted by atomic mass is 32.1. The first-order valence-electron chi connectivity index (χ1n) is 4.73. The SMILES string of the molecule is N#Cc1cc(F)cc(CNc2ccsc2)c1. The van der Waals surface area contributed by atoms with Gasteiger partial charge < -0.3 is 5.32 Å². The average Bonchev–Trinajstić information content (AvgIpc) is 2.78. The van der Waals surface area contributed by atoms with Gasteiger partial charge in [-0.15, -0.1) is 0 Å². The molecule has 0 amide bonds. The lowest BCUT2D eigenvalue weighted by Gasteiger charge is -2.04. The molecule has 0 radical (unpaired) electrons. The second-order valence-corrected chi connectivity index (χ2v) is 4.11. The Labute approximate surface area is 97.0 Å². The van der Waals surface area contributed by atoms with Crippen LogP contribution in [0, 0.1) is 17.1 Å². The van der Waals surface area contributed by atoms with E-state index in [0.29, 0.717) is 12.1 Å². The largest absolute Gasteiger partial charge is 0.380 e. The molecule has 0 aliphatic rings. The second kappa shape index (κ2) is 4.77. The zero-order chi connectivity index (χ0) is 11.4. The van der Waals surface area contributed by atoms with E-state index in [0.717, 1.165) is 11.3 Å². The summed E-state index contributed by atoms with van der Waals surface area (Å²) < 4.78 is 13.1. The van der Waals surface area contributed by atoms with Crippen molar-refractivity contribution in [3.05, 3.63) is 52.0 Å². The van der Waals surface area contributed by atoms with E-state index in [1.165, 1.54) is 12.1 Å². The van der Waals surface area contributed by atoms with Crippen LogP contribution in [0.5, 0.6) is 0 Å². The molecule has 2 rings (SSSR count). The van der Waals surface area contributed by atoms with Gasteiger partial charge in [-0.2, -0.15) is 16.6 Å². The van der Waals surface area contributed by atoms with Crippen LogP contribution in [-0.4, -0.2) is 0 Å². The number of thiophene rings is 1. The van der Waals surface area contributed by atoms with Crippen molar-refractivity contribution in [2.45, 2.75) is 6.54 Å². The Morgan fingerprint density at radius 2 is 2.25 bits per heavy atom. The number of halogens is 1. The van der Waals surface area contributed by atoms with Crippen molar-refractivity contribution in [2.75, 3.05) is 5.32 Å². The number of benzene rings is 1. The molecular formula is C12H9FN2S. The fraction of sp³-hybridized carbons (Fsp3) is 0.0833. The number of nitrogens with zero attached hydrogens (tertiary/aromatic N) is 1. The smallest absolute Gasteiger partial charge is 0.124 e. The Morgan fingerprint density at radius 3 is 2.94 bits per heavy atom. The molecule has 2 nitrogen and oxygen atoms in total. The van der Waals surface area contributed by atoms with Crippen molar-refractivity contribution >= 4 is 17.0 Å². The maximum absolute atomic E-state index is 13.1. The molecule has 16 heavy (non-hydrogen) atoms. The molecule has 0 saturated heterocycles. The number of rotatable bonds is 3. The molecule has 2 aromatic rings. The Hall–Kier alpha value is -1.86. The highest BCUT2D eigenvalue weighted by molar-refractivity contribution is 7.08. The molecule has 1 aromatic carbocycles. The predicted molar refractivity (Wildman–Crippen MR) is 62.8 cm³/mol. The zero-order valence-corrected chi connectivity index (χ0v) is 9.22. The monoisotopic (exact) mass is 232 g/mol. The number of nitriles is 1. The average molecular weight is 232 g/mol. The van der Waals surface area contributed by atoms with Crippen LogP contribution in [0.4, 0.5) is 10.1 Å². The molecule has 0 spiro atoms. The van der Waals surface area contributed by atoms with Gasteiger partial charge in [-0.1, -0.05) is 0 Å². The van der Waals surface area contributed by atoms with Gasteiger partial charge in [-0.05, 0) is 35.2 Å². The topological polar surface area (TPSA) is 35.8 Å². The first-order chi connectivity index (χ1) is 7.78. The molecule has 0 aliphatic carbocycles. The third kappa shape index (κ3) is 2.59. The zero-order valence-electron chi connectivity index (χ0n) is 8.40. The van der Waals surface area contributed by atoms with Gasteiger partial charge in [0, 0.05) is 17.6 Å². The molecule has 80 valence electrons. The maximum atomic E-state index is 13.1. The van der Waals surface area contributed by atoms with Crippen molar-refractivity contribution < 1.29 is 4.39 Å². The molecule has 1 N–H and O–H groups in total. The first kappa shape index (κ1) is 10.7. The van der Waals surface area contributed by atoms with E-state index >= 15 is 0 Å². The van der Waals surface area contributed by atoms with Crippen LogP contribution in [0.1, 0.15) is 11.1 Å². The van der Waals surface area contributed by atoms with Gasteiger partial charge in [0.2, 0.25) is 0 Å². The summed E-state index contributed by atoms with van der Waals surface area (Å²) in [6.45, 7) is 0.517. The minimum atomic E-state index is -0.374. The standard InChI is InChI=1S/C12H9FN2S/c13-11-4-9(6-14)3-10(5-11)7-15-12-1-2-16-8-12/h1-5,8,15H,7H2. The lowest BCUT2D eigenvalue weighted by molar-refractivity contribution is 0.625. The van der Waals surface area contributed by atoms with Crippen LogP contribution in [0.2, 0.25) is 0 Å². The fourth-order valence-corrected chi connectivity index (χ4v) is 2.00. The molecule has 0 aliphatic heterocycles. The van der Waals surface area contributed by atoms with E-state index in [4.69, 9.17) is 5.26 Å². The molecule has 1 aromatic heterocycles. The van der Waals surface area contributed by atoms with Crippen LogP contribution in [0.3, 0.4) is 0 Å². The van der Waals surface area contributed by atoms with Gasteiger partial charge in [0.15, 0.2) is 0 Å². The Morgan fingerprint density at radius 1 is 1.38 bits per heavy atom. The molecule has 0 atom stereocenters. The molecule has 0 unspecified atom stereocenters. The van der Waals surface area contributed by atoms with Gasteiger partial charge in [-0.3, -0.25) is 0 Å². The Balaban J connectivity index is 2.10. The van der Waals surface area contributed by atoms with Gasteiger partial charge in [-0.25, -0.2) is 4.39 Å². The summed E-state index contributed by atoms with van der Waals surface area (Å²) in [5, 5.41) is 15.8. The van der Waals surface area contributed by atoms with Gasteiger partial charge in [0.25, 0.3) is 0 Å². The van der Waals surface area contributed by atoms with Crippen LogP contribution < -0.4 is 5.32 Å². The van der Waals surface area contributed by atoms with E-state index in [1.807, 2.05) is 22.9 Å². The summed E-state index contributed by atoms with van der Waals surface area (Å²) >= 11 is 1.60. The third-order valence-electron chi connectivity index (χ3n) is 2.10. The quantitative estimate of drug-likeness (QED) is 0.880. The first-order valence-corrected chi connectivity index (χ1v) is 5.68. The summed E-state index contributed by atoms with van der Waals surface area (Å²) in [6, 6.07) is 8.23. The molecule has 4 heteroatoms. The summed E-state index contributed by atoms with van der Waals surface area (Å²) in [4.78, 5) is 0. The van der Waals surface area contributed by atoms with Crippen LogP contribution >= 0.6 is 11.3 Å². The van der Waals surface area contributed by atoms with Crippen LogP contribution in [0.25, 0.3) is 0 Å². The molecule has 0 bridgehead atoms. The summed E-state index contributed by atoms with van der Waals surface area (Å²) in [7, 11) is 0. The molecular weight excluding hydrogens is 223 g/mol. The maximum Gasteiger partial charge on any atom is 0.124 e. The minimum Gasteiger partial charge on any atom is -0.380 e. The van der Waals surface area contributed by atoms with Crippen molar-refractivity contribution in [3.8, 4) is 6.07 Å². The Bertz CT molecular complexity index is 514. The normalized spacial score (nSPS) is 9.75. The Kier molecular flexibility index (Phi) is 3.18.